The van der Waals surface area contributed by atoms with Crippen molar-refractivity contribution in [3.05, 3.63) is 35.9 Å². The highest BCUT2D eigenvalue weighted by atomic mass is 32.2. The Morgan fingerprint density at radius 1 is 1.29 bits per heavy atom. The molecule has 2 rings (SSSR count). The lowest BCUT2D eigenvalue weighted by molar-refractivity contribution is -0.142. The van der Waals surface area contributed by atoms with Crippen LogP contribution >= 0.6 is 11.8 Å². The zero-order valence-corrected chi connectivity index (χ0v) is 13.1. The van der Waals surface area contributed by atoms with E-state index in [9.17, 15) is 14.7 Å². The Balaban J connectivity index is 2.29. The maximum atomic E-state index is 12.4. The van der Waals surface area contributed by atoms with Crippen LogP contribution in [0.2, 0.25) is 0 Å². The number of carboxylic acids is 1. The van der Waals surface area contributed by atoms with Crippen molar-refractivity contribution in [3.63, 3.8) is 0 Å². The van der Waals surface area contributed by atoms with Crippen LogP contribution < -0.4 is 0 Å². The second-order valence-electron chi connectivity index (χ2n) is 5.84. The van der Waals surface area contributed by atoms with Crippen molar-refractivity contribution in [1.82, 2.24) is 4.90 Å². The number of thioether (sulfide) groups is 1. The molecule has 1 N–H and O–H groups in total. The molecule has 0 radical (unpaired) electrons. The van der Waals surface area contributed by atoms with Crippen molar-refractivity contribution in [2.45, 2.75) is 37.8 Å². The van der Waals surface area contributed by atoms with E-state index in [-0.39, 0.29) is 5.37 Å². The van der Waals surface area contributed by atoms with Crippen LogP contribution in [0.15, 0.2) is 30.3 Å². The molecule has 0 saturated carbocycles. The fraction of sp³-hybridized carbons (Fsp3) is 0.467. The number of benzene rings is 1. The first-order valence-corrected chi connectivity index (χ1v) is 7.75. The lowest BCUT2D eigenvalue weighted by Gasteiger charge is -2.30. The SMILES string of the molecule is CC(C)(C)OC(=O)N1[C@H](C(=O)O)CS[C@H]1c1ccccc1. The normalized spacial score (nSPS) is 22.1. The molecule has 1 heterocycles. The summed E-state index contributed by atoms with van der Waals surface area (Å²) < 4.78 is 5.36. The molecule has 1 aliphatic heterocycles. The standard InChI is InChI=1S/C15H19NO4S/c1-15(2,3)20-14(19)16-11(13(17)18)9-21-12(16)10-7-5-4-6-8-10/h4-8,11-12H,9H2,1-3H3,(H,17,18)/t11-,12-/m0/s1. The molecule has 1 amide bonds. The van der Waals surface area contributed by atoms with Gasteiger partial charge in [-0.15, -0.1) is 11.8 Å². The molecule has 1 saturated heterocycles. The third-order valence-electron chi connectivity index (χ3n) is 2.97. The average molecular weight is 309 g/mol. The number of nitrogens with zero attached hydrogens (tertiary/aromatic N) is 1. The zero-order chi connectivity index (χ0) is 15.6. The summed E-state index contributed by atoms with van der Waals surface area (Å²) in [6.45, 7) is 5.30. The molecule has 0 unspecified atom stereocenters. The Hall–Kier alpha value is -1.69. The van der Waals surface area contributed by atoms with E-state index in [2.05, 4.69) is 0 Å². The fourth-order valence-corrected chi connectivity index (χ4v) is 3.52. The smallest absolute Gasteiger partial charge is 0.412 e. The number of hydrogen-bond acceptors (Lipinski definition) is 4. The summed E-state index contributed by atoms with van der Waals surface area (Å²) in [4.78, 5) is 25.1. The maximum Gasteiger partial charge on any atom is 0.412 e. The molecule has 2 atom stereocenters. The largest absolute Gasteiger partial charge is 0.480 e. The van der Waals surface area contributed by atoms with Crippen LogP contribution in [0.5, 0.6) is 0 Å². The van der Waals surface area contributed by atoms with E-state index in [1.54, 1.807) is 20.8 Å². The number of amides is 1. The molecular weight excluding hydrogens is 290 g/mol. The van der Waals surface area contributed by atoms with Crippen molar-refractivity contribution in [2.24, 2.45) is 0 Å². The van der Waals surface area contributed by atoms with E-state index in [1.165, 1.54) is 16.7 Å². The summed E-state index contributed by atoms with van der Waals surface area (Å²) >= 11 is 1.44. The first-order chi connectivity index (χ1) is 9.79. The first-order valence-electron chi connectivity index (χ1n) is 6.70. The van der Waals surface area contributed by atoms with E-state index < -0.39 is 23.7 Å². The molecule has 6 heteroatoms. The molecule has 21 heavy (non-hydrogen) atoms. The van der Waals surface area contributed by atoms with E-state index in [0.717, 1.165) is 5.56 Å². The van der Waals surface area contributed by atoms with Gasteiger partial charge in [-0.05, 0) is 26.3 Å². The fourth-order valence-electron chi connectivity index (χ4n) is 2.11. The Morgan fingerprint density at radius 3 is 2.43 bits per heavy atom. The number of aliphatic carboxylic acids is 1. The van der Waals surface area contributed by atoms with Gasteiger partial charge in [-0.2, -0.15) is 0 Å². The molecule has 0 aromatic heterocycles. The van der Waals surface area contributed by atoms with E-state index in [4.69, 9.17) is 4.74 Å². The number of ether oxygens (including phenoxy) is 1. The molecule has 1 aliphatic rings. The first kappa shape index (κ1) is 15.7. The van der Waals surface area contributed by atoms with Gasteiger partial charge >= 0.3 is 12.1 Å². The van der Waals surface area contributed by atoms with Crippen LogP contribution in [0.3, 0.4) is 0 Å². The minimum absolute atomic E-state index is 0.331. The number of carboxylic acid groups (broad SMARTS) is 1. The van der Waals surface area contributed by atoms with Crippen LogP contribution in [0.1, 0.15) is 31.7 Å². The molecule has 0 aliphatic carbocycles. The number of carbonyl (C=O) groups excluding carboxylic acids is 1. The Kier molecular flexibility index (Phi) is 4.46. The topological polar surface area (TPSA) is 66.8 Å². The second kappa shape index (κ2) is 5.97. The molecule has 1 aromatic carbocycles. The number of carbonyl (C=O) groups is 2. The van der Waals surface area contributed by atoms with Gasteiger partial charge in [0.15, 0.2) is 0 Å². The number of hydrogen-bond donors (Lipinski definition) is 1. The summed E-state index contributed by atoms with van der Waals surface area (Å²) in [7, 11) is 0. The van der Waals surface area contributed by atoms with Gasteiger partial charge in [-0.1, -0.05) is 30.3 Å². The summed E-state index contributed by atoms with van der Waals surface area (Å²) in [6.07, 6.45) is -0.589. The predicted octanol–water partition coefficient (Wildman–Crippen LogP) is 3.12. The third-order valence-corrected chi connectivity index (χ3v) is 4.30. The van der Waals surface area contributed by atoms with Crippen molar-refractivity contribution in [3.8, 4) is 0 Å². The Labute approximate surface area is 128 Å². The van der Waals surface area contributed by atoms with Crippen LogP contribution in [-0.2, 0) is 9.53 Å². The summed E-state index contributed by atoms with van der Waals surface area (Å²) in [5.74, 6) is -0.652. The van der Waals surface area contributed by atoms with Gasteiger partial charge in [0, 0.05) is 5.75 Å². The van der Waals surface area contributed by atoms with Crippen molar-refractivity contribution in [1.29, 1.82) is 0 Å². The maximum absolute atomic E-state index is 12.4. The van der Waals surface area contributed by atoms with Gasteiger partial charge in [-0.25, -0.2) is 9.59 Å². The third kappa shape index (κ3) is 3.69. The monoisotopic (exact) mass is 309 g/mol. The lowest BCUT2D eigenvalue weighted by atomic mass is 10.2. The summed E-state index contributed by atoms with van der Waals surface area (Å²) in [6, 6.07) is 8.54. The van der Waals surface area contributed by atoms with Gasteiger partial charge in [-0.3, -0.25) is 4.90 Å². The minimum Gasteiger partial charge on any atom is -0.480 e. The van der Waals surface area contributed by atoms with E-state index in [1.807, 2.05) is 30.3 Å². The molecular formula is C15H19NO4S. The summed E-state index contributed by atoms with van der Waals surface area (Å²) in [5.41, 5.74) is 0.242. The highest BCUT2D eigenvalue weighted by Crippen LogP contribution is 2.42. The highest BCUT2D eigenvalue weighted by Gasteiger charge is 2.44. The van der Waals surface area contributed by atoms with Crippen molar-refractivity contribution < 1.29 is 19.4 Å². The van der Waals surface area contributed by atoms with Crippen molar-refractivity contribution >= 4 is 23.8 Å². The molecule has 1 fully saturated rings. The van der Waals surface area contributed by atoms with Gasteiger partial charge in [0.2, 0.25) is 0 Å². The lowest BCUT2D eigenvalue weighted by Crippen LogP contribution is -2.45. The Morgan fingerprint density at radius 2 is 1.90 bits per heavy atom. The molecule has 114 valence electrons. The predicted molar refractivity (Wildman–Crippen MR) is 81.1 cm³/mol. The molecule has 1 aromatic rings. The van der Waals surface area contributed by atoms with Gasteiger partial charge in [0.25, 0.3) is 0 Å². The quantitative estimate of drug-likeness (QED) is 0.909. The average Bonchev–Trinajstić information content (AvgIpc) is 2.82. The highest BCUT2D eigenvalue weighted by molar-refractivity contribution is 7.99. The second-order valence-corrected chi connectivity index (χ2v) is 6.95. The number of rotatable bonds is 2. The molecule has 5 nitrogen and oxygen atoms in total. The van der Waals surface area contributed by atoms with Crippen LogP contribution in [0.25, 0.3) is 0 Å². The van der Waals surface area contributed by atoms with Gasteiger partial charge in [0.1, 0.15) is 17.0 Å². The van der Waals surface area contributed by atoms with Crippen LogP contribution in [-0.4, -0.2) is 39.5 Å². The van der Waals surface area contributed by atoms with Gasteiger partial charge in [0.05, 0.1) is 0 Å². The van der Waals surface area contributed by atoms with E-state index in [0.29, 0.717) is 5.75 Å². The van der Waals surface area contributed by atoms with Gasteiger partial charge < -0.3 is 9.84 Å². The molecule has 0 spiro atoms. The zero-order valence-electron chi connectivity index (χ0n) is 12.3. The van der Waals surface area contributed by atoms with E-state index >= 15 is 0 Å². The minimum atomic E-state index is -1.01. The molecule has 0 bridgehead atoms. The van der Waals surface area contributed by atoms with Crippen LogP contribution in [0, 0.1) is 0 Å². The summed E-state index contributed by atoms with van der Waals surface area (Å²) in [5, 5.41) is 9.00. The van der Waals surface area contributed by atoms with Crippen molar-refractivity contribution in [2.75, 3.05) is 5.75 Å². The van der Waals surface area contributed by atoms with Crippen LogP contribution in [0.4, 0.5) is 4.79 Å². The Bertz CT molecular complexity index is 526.